The first-order valence-electron chi connectivity index (χ1n) is 29.7. The molecule has 5 N–H and O–H groups in total. The van der Waals surface area contributed by atoms with Crippen LogP contribution in [-0.2, 0) is 87.5 Å². The highest BCUT2D eigenvalue weighted by Crippen LogP contribution is 2.47. The number of anilines is 1. The molecule has 3 aliphatic carbocycles. The number of aliphatic hydroxyl groups excluding tert-OH is 5. The van der Waals surface area contributed by atoms with Crippen LogP contribution in [0.1, 0.15) is 130 Å². The first-order chi connectivity index (χ1) is 42.4. The third-order valence-electron chi connectivity index (χ3n) is 16.2. The molecule has 0 spiro atoms. The van der Waals surface area contributed by atoms with Gasteiger partial charge < -0.3 is 68.3 Å². The number of hydrogen-bond donors (Lipinski definition) is 5. The van der Waals surface area contributed by atoms with Crippen LogP contribution >= 0.6 is 0 Å². The molecule has 0 aromatic heterocycles. The van der Waals surface area contributed by atoms with Crippen LogP contribution in [0.15, 0.2) is 84.9 Å². The van der Waals surface area contributed by atoms with Gasteiger partial charge in [-0.3, -0.25) is 43.2 Å². The van der Waals surface area contributed by atoms with Crippen LogP contribution in [0.25, 0.3) is 0 Å². The number of ether oxygens (including phenoxy) is 8. The molecule has 25 heteroatoms. The van der Waals surface area contributed by atoms with Crippen LogP contribution in [0.3, 0.4) is 0 Å². The van der Waals surface area contributed by atoms with E-state index in [0.717, 1.165) is 11.1 Å². The molecule has 3 aromatic carbocycles. The number of benzene rings is 3. The first kappa shape index (κ1) is 73.0. The molecular formula is C65H83F2NO22. The van der Waals surface area contributed by atoms with Crippen molar-refractivity contribution < 1.29 is 115 Å². The van der Waals surface area contributed by atoms with Crippen LogP contribution in [0, 0.1) is 47.1 Å². The predicted molar refractivity (Wildman–Crippen MR) is 313 cm³/mol. The summed E-state index contributed by atoms with van der Waals surface area (Å²) in [5, 5.41) is 51.1. The Labute approximate surface area is 520 Å². The molecule has 4 aliphatic rings. The van der Waals surface area contributed by atoms with Gasteiger partial charge in [0.15, 0.2) is 18.3 Å². The molecule has 90 heavy (non-hydrogen) atoms. The molecule has 23 nitrogen and oxygen atoms in total. The van der Waals surface area contributed by atoms with Crippen molar-refractivity contribution in [1.82, 2.24) is 0 Å². The number of β-lactam (4-membered cyclic amide) rings is 1. The topological polar surface area (TPSA) is 332 Å². The second-order valence-corrected chi connectivity index (χ2v) is 23.0. The van der Waals surface area contributed by atoms with Gasteiger partial charge in [-0.1, -0.05) is 49.9 Å². The van der Waals surface area contributed by atoms with Crippen LogP contribution in [0.5, 0.6) is 0 Å². The van der Waals surface area contributed by atoms with E-state index in [4.69, 9.17) is 37.9 Å². The summed E-state index contributed by atoms with van der Waals surface area (Å²) >= 11 is 0. The number of halogens is 2. The summed E-state index contributed by atoms with van der Waals surface area (Å²) in [5.74, 6) is -7.62. The van der Waals surface area contributed by atoms with Gasteiger partial charge in [-0.15, -0.1) is 0 Å². The molecule has 7 rings (SSSR count). The second-order valence-electron chi connectivity index (χ2n) is 23.0. The average Bonchev–Trinajstić information content (AvgIpc) is 0.751. The first-order valence-corrected chi connectivity index (χ1v) is 29.7. The molecule has 3 aromatic rings. The van der Waals surface area contributed by atoms with Crippen molar-refractivity contribution in [2.45, 2.75) is 174 Å². The lowest BCUT2D eigenvalue weighted by atomic mass is 9.73. The van der Waals surface area contributed by atoms with Crippen LogP contribution < -0.4 is 4.90 Å². The molecule has 4 fully saturated rings. The number of esters is 8. The maximum absolute atomic E-state index is 13.6. The third kappa shape index (κ3) is 20.4. The van der Waals surface area contributed by atoms with E-state index in [1.807, 2.05) is 31.2 Å². The van der Waals surface area contributed by atoms with Crippen molar-refractivity contribution in [3.8, 4) is 0 Å². The van der Waals surface area contributed by atoms with E-state index in [1.165, 1.54) is 91.8 Å². The molecule has 3 saturated carbocycles. The summed E-state index contributed by atoms with van der Waals surface area (Å²) in [5.41, 5.74) is 3.36. The highest BCUT2D eigenvalue weighted by molar-refractivity contribution is 6.03. The summed E-state index contributed by atoms with van der Waals surface area (Å²) in [4.78, 5) is 106. The SMILES string of the molecule is C=C1C[C@H](COC(C)=O)[C@@H](OC(C)=O)[C@H](OC(C)=O)[C@H]1OC(C)=O.CCC1C[C@H](COC(C)=O)[C@@H](OC(C)=O)[C@H](OC(C)=O)[C@H]1OC(C)=O.O=C1[C@H](CC[C@H](O)c2ccc(F)cc2)[C@@H](c2ccc(CC3C[C@H](CO)[C@@H](O)[C@H](O)[C@H]3O)cc2)N1c1ccc(F)cc1. The van der Waals surface area contributed by atoms with E-state index in [0.29, 0.717) is 55.3 Å². The van der Waals surface area contributed by atoms with Gasteiger partial charge in [0.25, 0.3) is 0 Å². The zero-order valence-corrected chi connectivity index (χ0v) is 51.9. The standard InChI is InChI=1S/C32H35F2NO6.C17H26O8.C16H22O8/c33-23-7-5-19(6-8-23)27(37)14-13-26-28(35(32(26)41)25-11-9-24(34)10-12-25)20-3-1-18(2-4-20)15-21-16-22(17-36)30(39)31(40)29(21)38;1-6-13-7-14(8-22-9(2)18)16(24-11(4)20)17(25-12(5)21)15(13)23-10(3)19;1-8-6-13(7-21-9(2)17)15(23-11(4)19)16(24-12(5)20)14(8)22-10(3)18/h1-12,21-22,26-31,36-40H,13-17H2;13-17H,6-8H2,1-5H3;13-16H,1,6-7H2,2-5H3/t21?,22-,26-,27+,28-,29+,30-,31-;13?,14-,15+,16-,17-;13-,14+,15-,16-/m111/s1. The molecule has 1 amide bonds. The molecule has 1 heterocycles. The number of rotatable bonds is 20. The van der Waals surface area contributed by atoms with Gasteiger partial charge in [0.05, 0.1) is 43.5 Å². The lowest BCUT2D eigenvalue weighted by molar-refractivity contribution is -0.208. The van der Waals surface area contributed by atoms with Crippen LogP contribution in [-0.4, -0.2) is 154 Å². The van der Waals surface area contributed by atoms with Crippen molar-refractivity contribution >= 4 is 59.3 Å². The molecule has 0 radical (unpaired) electrons. The van der Waals surface area contributed by atoms with Crippen molar-refractivity contribution in [2.24, 2.45) is 35.5 Å². The van der Waals surface area contributed by atoms with E-state index in [2.05, 4.69) is 6.58 Å². The Balaban J connectivity index is 0.000000261. The smallest absolute Gasteiger partial charge is 0.303 e. The Hall–Kier alpha value is -7.71. The number of aliphatic hydroxyl groups is 5. The molecule has 1 saturated heterocycles. The Morgan fingerprint density at radius 2 is 1.00 bits per heavy atom. The number of amides is 1. The van der Waals surface area contributed by atoms with Crippen molar-refractivity contribution in [1.29, 1.82) is 0 Å². The molecule has 1 aliphatic heterocycles. The van der Waals surface area contributed by atoms with Crippen molar-refractivity contribution in [3.63, 3.8) is 0 Å². The Morgan fingerprint density at radius 3 is 1.49 bits per heavy atom. The van der Waals surface area contributed by atoms with E-state index in [-0.39, 0.29) is 55.9 Å². The molecule has 17 atom stereocenters. The van der Waals surface area contributed by atoms with E-state index < -0.39 is 138 Å². The summed E-state index contributed by atoms with van der Waals surface area (Å²) in [6.45, 7) is 15.3. The monoisotopic (exact) mass is 1270 g/mol. The zero-order valence-electron chi connectivity index (χ0n) is 51.9. The normalized spacial score (nSPS) is 28.1. The van der Waals surface area contributed by atoms with Gasteiger partial charge in [-0.25, -0.2) is 8.78 Å². The zero-order chi connectivity index (χ0) is 66.8. The maximum Gasteiger partial charge on any atom is 0.303 e. The Morgan fingerprint density at radius 1 is 0.556 bits per heavy atom. The number of hydrogen-bond acceptors (Lipinski definition) is 22. The summed E-state index contributed by atoms with van der Waals surface area (Å²) in [6.07, 6.45) is -7.06. The summed E-state index contributed by atoms with van der Waals surface area (Å²) in [7, 11) is 0. The highest BCUT2D eigenvalue weighted by Gasteiger charge is 2.52. The largest absolute Gasteiger partial charge is 0.465 e. The average molecular weight is 1270 g/mol. The fourth-order valence-corrected chi connectivity index (χ4v) is 12.1. The fraction of sp³-hybridized carbons (Fsp3) is 0.554. The van der Waals surface area contributed by atoms with Crippen molar-refractivity contribution in [2.75, 3.05) is 24.7 Å². The maximum atomic E-state index is 13.6. The molecule has 494 valence electrons. The molecule has 2 unspecified atom stereocenters. The number of nitrogens with zero attached hydrogens (tertiary/aromatic N) is 1. The minimum absolute atomic E-state index is 0.0222. The molecule has 0 bridgehead atoms. The highest BCUT2D eigenvalue weighted by atomic mass is 19.1. The quantitative estimate of drug-likeness (QED) is 0.0389. The fourth-order valence-electron chi connectivity index (χ4n) is 12.1. The van der Waals surface area contributed by atoms with Crippen molar-refractivity contribution in [3.05, 3.63) is 113 Å². The third-order valence-corrected chi connectivity index (χ3v) is 16.2. The van der Waals surface area contributed by atoms with Gasteiger partial charge in [0, 0.05) is 91.4 Å². The lowest BCUT2D eigenvalue weighted by Gasteiger charge is -2.48. The lowest BCUT2D eigenvalue weighted by Crippen LogP contribution is -2.56. The Kier molecular flexibility index (Phi) is 27.5. The van der Waals surface area contributed by atoms with Gasteiger partial charge in [-0.05, 0) is 110 Å². The minimum atomic E-state index is -1.33. The van der Waals surface area contributed by atoms with E-state index in [9.17, 15) is 77.5 Å². The van der Waals surface area contributed by atoms with Gasteiger partial charge >= 0.3 is 47.8 Å². The summed E-state index contributed by atoms with van der Waals surface area (Å²) in [6, 6.07) is 18.6. The minimum Gasteiger partial charge on any atom is -0.465 e. The number of carbonyl (C=O) groups is 9. The van der Waals surface area contributed by atoms with Gasteiger partial charge in [0.2, 0.25) is 5.91 Å². The van der Waals surface area contributed by atoms with Crippen LogP contribution in [0.2, 0.25) is 0 Å². The number of carbonyl (C=O) groups excluding carboxylic acids is 9. The van der Waals surface area contributed by atoms with Gasteiger partial charge in [-0.2, -0.15) is 0 Å². The Bertz CT molecular complexity index is 2960. The van der Waals surface area contributed by atoms with Crippen LogP contribution in [0.4, 0.5) is 14.5 Å². The second kappa shape index (κ2) is 33.9. The van der Waals surface area contributed by atoms with Gasteiger partial charge in [0.1, 0.15) is 36.1 Å². The van der Waals surface area contributed by atoms with E-state index in [1.54, 1.807) is 17.0 Å². The van der Waals surface area contributed by atoms with E-state index >= 15 is 0 Å². The summed E-state index contributed by atoms with van der Waals surface area (Å²) < 4.78 is 68.7. The predicted octanol–water partition coefficient (Wildman–Crippen LogP) is 5.75. The molecular weight excluding hydrogens is 1180 g/mol.